The van der Waals surface area contributed by atoms with Gasteiger partial charge in [0.1, 0.15) is 34.2 Å². The number of para-hydroxylation sites is 1. The average molecular weight is 572 g/mol. The summed E-state index contributed by atoms with van der Waals surface area (Å²) in [7, 11) is 3.13. The minimum absolute atomic E-state index is 0.139. The second kappa shape index (κ2) is 12.1. The van der Waals surface area contributed by atoms with Crippen LogP contribution in [0.15, 0.2) is 48.8 Å². The van der Waals surface area contributed by atoms with E-state index in [0.717, 1.165) is 0 Å². The van der Waals surface area contributed by atoms with Crippen LogP contribution in [0.4, 0.5) is 5.95 Å². The number of methoxy groups -OCH3 is 5. The van der Waals surface area contributed by atoms with Gasteiger partial charge in [0.05, 0.1) is 40.8 Å². The largest absolute Gasteiger partial charge is 0.494 e. The van der Waals surface area contributed by atoms with Gasteiger partial charge < -0.3 is 23.7 Å². The molecule has 0 bridgehead atoms. The van der Waals surface area contributed by atoms with E-state index in [0.29, 0.717) is 34.5 Å². The SMILES string of the molecule is COc1cnc([C@@H](OC)[C@H](C)S(=O)(=O)Nc2nnc(-c3cccc(OC)n3)n2-c2c(OC)cccc2OC)nc1. The summed E-state index contributed by atoms with van der Waals surface area (Å²) in [5.74, 6) is 1.72. The van der Waals surface area contributed by atoms with Gasteiger partial charge in [-0.1, -0.05) is 12.1 Å². The average Bonchev–Trinajstić information content (AvgIpc) is 3.39. The molecule has 0 amide bonds. The van der Waals surface area contributed by atoms with Crippen LogP contribution in [0.3, 0.4) is 0 Å². The van der Waals surface area contributed by atoms with Crippen molar-refractivity contribution in [3.05, 3.63) is 54.6 Å². The highest BCUT2D eigenvalue weighted by Gasteiger charge is 2.35. The van der Waals surface area contributed by atoms with Gasteiger partial charge in [-0.2, -0.15) is 0 Å². The van der Waals surface area contributed by atoms with Gasteiger partial charge in [-0.05, 0) is 25.1 Å². The topological polar surface area (TPSA) is 162 Å². The summed E-state index contributed by atoms with van der Waals surface area (Å²) < 4.78 is 58.4. The van der Waals surface area contributed by atoms with Gasteiger partial charge in [0, 0.05) is 13.2 Å². The summed E-state index contributed by atoms with van der Waals surface area (Å²) in [6.07, 6.45) is 1.85. The Balaban J connectivity index is 1.83. The Hall–Kier alpha value is -4.50. The highest BCUT2D eigenvalue weighted by Crippen LogP contribution is 2.38. The van der Waals surface area contributed by atoms with Gasteiger partial charge in [0.25, 0.3) is 0 Å². The minimum Gasteiger partial charge on any atom is -0.494 e. The first-order valence-electron chi connectivity index (χ1n) is 11.9. The fraction of sp³-hybridized carbons (Fsp3) is 0.320. The van der Waals surface area contributed by atoms with Gasteiger partial charge in [-0.25, -0.2) is 23.4 Å². The fourth-order valence-electron chi connectivity index (χ4n) is 3.90. The zero-order chi connectivity index (χ0) is 28.9. The van der Waals surface area contributed by atoms with Crippen LogP contribution < -0.4 is 23.7 Å². The van der Waals surface area contributed by atoms with Crippen molar-refractivity contribution in [3.8, 4) is 40.3 Å². The molecule has 0 aliphatic heterocycles. The number of anilines is 1. The molecule has 15 heteroatoms. The molecule has 2 atom stereocenters. The maximum Gasteiger partial charge on any atom is 0.243 e. The van der Waals surface area contributed by atoms with Crippen LogP contribution in [0.2, 0.25) is 0 Å². The molecule has 3 heterocycles. The summed E-state index contributed by atoms with van der Waals surface area (Å²) in [5, 5.41) is 7.27. The predicted octanol–water partition coefficient (Wildman–Crippen LogP) is 2.67. The van der Waals surface area contributed by atoms with E-state index in [4.69, 9.17) is 23.7 Å². The van der Waals surface area contributed by atoms with Gasteiger partial charge in [0.15, 0.2) is 17.4 Å². The van der Waals surface area contributed by atoms with Crippen LogP contribution in [0.1, 0.15) is 18.9 Å². The molecule has 0 saturated heterocycles. The first-order chi connectivity index (χ1) is 19.3. The van der Waals surface area contributed by atoms with Crippen molar-refractivity contribution in [2.45, 2.75) is 18.3 Å². The number of hydrogen-bond acceptors (Lipinski definition) is 12. The van der Waals surface area contributed by atoms with Crippen molar-refractivity contribution >= 4 is 16.0 Å². The molecule has 0 saturated carbocycles. The Morgan fingerprint density at radius 2 is 1.50 bits per heavy atom. The van der Waals surface area contributed by atoms with Crippen molar-refractivity contribution in [1.82, 2.24) is 29.7 Å². The van der Waals surface area contributed by atoms with Crippen LogP contribution in [0.5, 0.6) is 23.1 Å². The number of sulfonamides is 1. The number of nitrogens with one attached hydrogen (secondary N) is 1. The Kier molecular flexibility index (Phi) is 8.64. The Bertz CT molecular complexity index is 1540. The molecule has 0 spiro atoms. The maximum absolute atomic E-state index is 13.7. The summed E-state index contributed by atoms with van der Waals surface area (Å²) in [5.41, 5.74) is 0.712. The summed E-state index contributed by atoms with van der Waals surface area (Å²) >= 11 is 0. The lowest BCUT2D eigenvalue weighted by Crippen LogP contribution is -2.33. The number of ether oxygens (including phenoxy) is 5. The van der Waals surface area contributed by atoms with Crippen molar-refractivity contribution in [1.29, 1.82) is 0 Å². The predicted molar refractivity (Wildman–Crippen MR) is 145 cm³/mol. The molecule has 40 heavy (non-hydrogen) atoms. The smallest absolute Gasteiger partial charge is 0.243 e. The van der Waals surface area contributed by atoms with E-state index in [-0.39, 0.29) is 17.6 Å². The molecule has 4 aromatic rings. The normalized spacial score (nSPS) is 12.8. The Morgan fingerprint density at radius 1 is 0.850 bits per heavy atom. The van der Waals surface area contributed by atoms with Gasteiger partial charge in [-0.15, -0.1) is 10.2 Å². The first-order valence-corrected chi connectivity index (χ1v) is 13.4. The van der Waals surface area contributed by atoms with Gasteiger partial charge in [0.2, 0.25) is 21.9 Å². The van der Waals surface area contributed by atoms with Crippen LogP contribution in [0.25, 0.3) is 17.2 Å². The van der Waals surface area contributed by atoms with E-state index in [1.54, 1.807) is 36.4 Å². The molecule has 0 aliphatic rings. The van der Waals surface area contributed by atoms with Crippen LogP contribution in [-0.2, 0) is 14.8 Å². The zero-order valence-corrected chi connectivity index (χ0v) is 23.5. The fourth-order valence-corrected chi connectivity index (χ4v) is 5.03. The monoisotopic (exact) mass is 571 g/mol. The van der Waals surface area contributed by atoms with E-state index in [1.807, 2.05) is 0 Å². The first kappa shape index (κ1) is 28.5. The van der Waals surface area contributed by atoms with Crippen molar-refractivity contribution in [3.63, 3.8) is 0 Å². The van der Waals surface area contributed by atoms with E-state index < -0.39 is 21.4 Å². The number of rotatable bonds is 12. The van der Waals surface area contributed by atoms with Crippen LogP contribution in [-0.4, -0.2) is 78.9 Å². The number of pyridine rings is 1. The van der Waals surface area contributed by atoms with Gasteiger partial charge >= 0.3 is 0 Å². The lowest BCUT2D eigenvalue weighted by atomic mass is 10.2. The molecular formula is C25H29N7O7S. The Morgan fingerprint density at radius 3 is 2.08 bits per heavy atom. The third kappa shape index (κ3) is 5.60. The van der Waals surface area contributed by atoms with E-state index in [2.05, 4.69) is 29.9 Å². The van der Waals surface area contributed by atoms with Crippen LogP contribution >= 0.6 is 0 Å². The molecule has 0 unspecified atom stereocenters. The molecule has 14 nitrogen and oxygen atoms in total. The molecule has 0 radical (unpaired) electrons. The van der Waals surface area contributed by atoms with Crippen molar-refractivity contribution < 1.29 is 32.1 Å². The quantitative estimate of drug-likeness (QED) is 0.265. The summed E-state index contributed by atoms with van der Waals surface area (Å²) in [4.78, 5) is 12.8. The highest BCUT2D eigenvalue weighted by molar-refractivity contribution is 7.93. The third-order valence-corrected chi connectivity index (χ3v) is 7.69. The second-order valence-corrected chi connectivity index (χ2v) is 10.3. The molecule has 4 rings (SSSR count). The molecule has 1 aromatic carbocycles. The van der Waals surface area contributed by atoms with Gasteiger partial charge in [-0.3, -0.25) is 9.29 Å². The van der Waals surface area contributed by atoms with Crippen molar-refractivity contribution in [2.24, 2.45) is 0 Å². The number of aromatic nitrogens is 6. The highest BCUT2D eigenvalue weighted by atomic mass is 32.2. The molecule has 0 fully saturated rings. The lowest BCUT2D eigenvalue weighted by Gasteiger charge is -2.23. The molecular weight excluding hydrogens is 542 g/mol. The van der Waals surface area contributed by atoms with E-state index >= 15 is 0 Å². The number of hydrogen-bond donors (Lipinski definition) is 1. The van der Waals surface area contributed by atoms with Crippen LogP contribution in [0, 0.1) is 0 Å². The molecule has 3 aromatic heterocycles. The third-order valence-electron chi connectivity index (χ3n) is 5.99. The molecule has 212 valence electrons. The minimum atomic E-state index is -4.18. The van der Waals surface area contributed by atoms with E-state index in [9.17, 15) is 8.42 Å². The van der Waals surface area contributed by atoms with Crippen molar-refractivity contribution in [2.75, 3.05) is 40.3 Å². The number of nitrogens with zero attached hydrogens (tertiary/aromatic N) is 6. The van der Waals surface area contributed by atoms with E-state index in [1.165, 1.54) is 59.4 Å². The summed E-state index contributed by atoms with van der Waals surface area (Å²) in [6.45, 7) is 1.47. The lowest BCUT2D eigenvalue weighted by molar-refractivity contribution is 0.0948. The summed E-state index contributed by atoms with van der Waals surface area (Å²) in [6, 6.07) is 10.2. The molecule has 0 aliphatic carbocycles. The Labute approximate surface area is 231 Å². The maximum atomic E-state index is 13.7. The number of benzene rings is 1. The second-order valence-electron chi connectivity index (χ2n) is 8.25. The zero-order valence-electron chi connectivity index (χ0n) is 22.7. The molecule has 1 N–H and O–H groups in total. The standard InChI is InChI=1S/C25H29N7O7S/c1-15(22(39-6)23-26-13-16(35-2)14-27-23)40(33,34)31-25-30-29-24(17-9-7-12-20(28-17)38-5)32(25)21-18(36-3)10-8-11-19(21)37-4/h7-15,22H,1-6H3,(H,30,31)/t15-,22-/m0/s1.